The molecule has 0 aliphatic carbocycles. The minimum absolute atomic E-state index is 0.0677. The van der Waals surface area contributed by atoms with Crippen molar-refractivity contribution in [3.05, 3.63) is 89.3 Å². The van der Waals surface area contributed by atoms with E-state index in [1.807, 2.05) is 12.1 Å². The number of pyridine rings is 1. The maximum absolute atomic E-state index is 14.5. The lowest BCUT2D eigenvalue weighted by molar-refractivity contribution is -0.0592. The second kappa shape index (κ2) is 11.2. The molecule has 1 N–H and O–H groups in total. The van der Waals surface area contributed by atoms with E-state index in [1.165, 1.54) is 6.07 Å². The monoisotopic (exact) mass is 570 g/mol. The zero-order valence-electron chi connectivity index (χ0n) is 23.0. The van der Waals surface area contributed by atoms with Crippen molar-refractivity contribution in [1.29, 1.82) is 0 Å². The summed E-state index contributed by atoms with van der Waals surface area (Å²) in [4.78, 5) is 23.6. The average molecular weight is 571 g/mol. The number of aromatic carboxylic acids is 1. The average Bonchev–Trinajstić information content (AvgIpc) is 3.57. The van der Waals surface area contributed by atoms with Gasteiger partial charge < -0.3 is 23.6 Å². The predicted molar refractivity (Wildman–Crippen MR) is 153 cm³/mol. The normalized spacial score (nSPS) is 18.0. The van der Waals surface area contributed by atoms with Crippen molar-refractivity contribution < 1.29 is 28.2 Å². The Morgan fingerprint density at radius 3 is 2.71 bits per heavy atom. The van der Waals surface area contributed by atoms with E-state index in [0.29, 0.717) is 36.0 Å². The van der Waals surface area contributed by atoms with E-state index in [0.717, 1.165) is 66.9 Å². The number of benzene rings is 2. The molecule has 0 spiro atoms. The third-order valence-electron chi connectivity index (χ3n) is 8.37. The van der Waals surface area contributed by atoms with Gasteiger partial charge in [0.15, 0.2) is 0 Å². The summed E-state index contributed by atoms with van der Waals surface area (Å²) in [5, 5.41) is 10.2. The number of furan rings is 1. The van der Waals surface area contributed by atoms with Crippen LogP contribution in [0.1, 0.15) is 52.6 Å². The maximum atomic E-state index is 14.5. The highest BCUT2D eigenvalue weighted by Gasteiger charge is 2.26. The van der Waals surface area contributed by atoms with Gasteiger partial charge in [0.2, 0.25) is 5.88 Å². The number of carbonyl (C=O) groups is 1. The molecule has 0 amide bonds. The number of halogens is 1. The first-order valence-corrected chi connectivity index (χ1v) is 14.3. The van der Waals surface area contributed by atoms with Crippen LogP contribution in [-0.4, -0.2) is 56.3 Å². The number of ether oxygens (including phenoxy) is 2. The van der Waals surface area contributed by atoms with E-state index < -0.39 is 5.97 Å². The van der Waals surface area contributed by atoms with Crippen molar-refractivity contribution in [2.24, 2.45) is 0 Å². The summed E-state index contributed by atoms with van der Waals surface area (Å²) in [6.45, 7) is 3.95. The zero-order valence-corrected chi connectivity index (χ0v) is 23.0. The Morgan fingerprint density at radius 2 is 1.93 bits per heavy atom. The first kappa shape index (κ1) is 26.6. The molecule has 2 aliphatic rings. The Bertz CT molecular complexity index is 1750. The molecule has 216 valence electrons. The summed E-state index contributed by atoms with van der Waals surface area (Å²) < 4.78 is 33.6. The van der Waals surface area contributed by atoms with Crippen LogP contribution in [0.2, 0.25) is 0 Å². The first-order valence-electron chi connectivity index (χ1n) is 14.3. The van der Waals surface area contributed by atoms with Crippen LogP contribution < -0.4 is 4.74 Å². The van der Waals surface area contributed by atoms with Crippen LogP contribution in [0.5, 0.6) is 5.88 Å². The number of hydrogen-bond acceptors (Lipinski definition) is 7. The number of aromatic nitrogens is 3. The van der Waals surface area contributed by atoms with Gasteiger partial charge in [0.25, 0.3) is 0 Å². The van der Waals surface area contributed by atoms with Gasteiger partial charge in [0.05, 0.1) is 42.1 Å². The molecule has 9 nitrogen and oxygen atoms in total. The van der Waals surface area contributed by atoms with Crippen LogP contribution in [0.4, 0.5) is 4.39 Å². The Morgan fingerprint density at radius 1 is 1.07 bits per heavy atom. The molecule has 0 unspecified atom stereocenters. The number of imidazole rings is 1. The number of carboxylic acids is 1. The van der Waals surface area contributed by atoms with E-state index in [-0.39, 0.29) is 24.1 Å². The number of piperidine rings is 1. The molecule has 2 fully saturated rings. The summed E-state index contributed by atoms with van der Waals surface area (Å²) in [6, 6.07) is 15.7. The van der Waals surface area contributed by atoms with Gasteiger partial charge in [0, 0.05) is 35.2 Å². The van der Waals surface area contributed by atoms with Crippen molar-refractivity contribution in [2.45, 2.75) is 51.0 Å². The van der Waals surface area contributed by atoms with Crippen LogP contribution in [0.15, 0.2) is 65.3 Å². The predicted octanol–water partition coefficient (Wildman–Crippen LogP) is 5.76. The van der Waals surface area contributed by atoms with E-state index >= 15 is 0 Å². The quantitative estimate of drug-likeness (QED) is 0.239. The molecule has 0 bridgehead atoms. The van der Waals surface area contributed by atoms with Crippen molar-refractivity contribution in [3.8, 4) is 5.88 Å². The van der Waals surface area contributed by atoms with Crippen LogP contribution >= 0.6 is 0 Å². The highest BCUT2D eigenvalue weighted by molar-refractivity contribution is 5.92. The number of carboxylic acid groups (broad SMARTS) is 1. The molecule has 0 radical (unpaired) electrons. The minimum Gasteiger partial charge on any atom is -0.478 e. The largest absolute Gasteiger partial charge is 0.478 e. The van der Waals surface area contributed by atoms with Gasteiger partial charge in [-0.1, -0.05) is 6.07 Å². The lowest BCUT2D eigenvalue weighted by Gasteiger charge is -2.32. The van der Waals surface area contributed by atoms with Gasteiger partial charge in [0.1, 0.15) is 23.8 Å². The third kappa shape index (κ3) is 5.35. The van der Waals surface area contributed by atoms with E-state index in [9.17, 15) is 14.3 Å². The van der Waals surface area contributed by atoms with Gasteiger partial charge in [-0.25, -0.2) is 19.2 Å². The molecule has 2 saturated heterocycles. The Kier molecular flexibility index (Phi) is 7.09. The lowest BCUT2D eigenvalue weighted by Crippen LogP contribution is -2.35. The van der Waals surface area contributed by atoms with E-state index in [1.54, 1.807) is 42.7 Å². The number of rotatable bonds is 9. The van der Waals surface area contributed by atoms with Gasteiger partial charge >= 0.3 is 5.97 Å². The zero-order chi connectivity index (χ0) is 28.6. The topological polar surface area (TPSA) is 103 Å². The number of hydrogen-bond donors (Lipinski definition) is 1. The molecular formula is C32H31FN4O5. The van der Waals surface area contributed by atoms with Crippen LogP contribution in [0.3, 0.4) is 0 Å². The fraction of sp³-hybridized carbons (Fsp3) is 0.344. The molecule has 3 aromatic heterocycles. The summed E-state index contributed by atoms with van der Waals surface area (Å²) in [7, 11) is 0. The summed E-state index contributed by atoms with van der Waals surface area (Å²) in [5.74, 6) is 0.417. The van der Waals surface area contributed by atoms with E-state index in [2.05, 4.69) is 9.47 Å². The smallest absolute Gasteiger partial charge is 0.335 e. The molecule has 2 aromatic carbocycles. The van der Waals surface area contributed by atoms with Crippen LogP contribution in [-0.2, 0) is 24.4 Å². The fourth-order valence-electron chi connectivity index (χ4n) is 5.87. The second-order valence-electron chi connectivity index (χ2n) is 11.1. The highest BCUT2D eigenvalue weighted by atomic mass is 19.1. The maximum Gasteiger partial charge on any atom is 0.335 e. The standard InChI is InChI=1S/C32H31FN4O5/c33-25-14-21-8-12-41-29(21)16-23(25)19-42-31-3-1-2-26(35-31)20-6-10-36(11-7-20)18-30-34-27-5-4-22(32(38)39)15-28(27)37(30)17-24-9-13-40-24/h1-5,8,12,14-16,20,24H,6-7,9-11,13,17-19H2,(H,38,39)/t24-/m0/s1. The fourth-order valence-corrected chi connectivity index (χ4v) is 5.87. The van der Waals surface area contributed by atoms with Crippen LogP contribution in [0, 0.1) is 5.82 Å². The van der Waals surface area contributed by atoms with Gasteiger partial charge in [-0.15, -0.1) is 0 Å². The Hall–Kier alpha value is -4.28. The number of nitrogens with zero attached hydrogens (tertiary/aromatic N) is 4. The highest BCUT2D eigenvalue weighted by Crippen LogP contribution is 2.30. The third-order valence-corrected chi connectivity index (χ3v) is 8.37. The molecule has 1 atom stereocenters. The molecule has 10 heteroatoms. The summed E-state index contributed by atoms with van der Waals surface area (Å²) >= 11 is 0. The Labute approximate surface area is 241 Å². The summed E-state index contributed by atoms with van der Waals surface area (Å²) in [6.07, 6.45) is 4.55. The Balaban J connectivity index is 1.01. The number of likely N-dealkylation sites (tertiary alicyclic amines) is 1. The van der Waals surface area contributed by atoms with Crippen molar-refractivity contribution in [1.82, 2.24) is 19.4 Å². The second-order valence-corrected chi connectivity index (χ2v) is 11.1. The number of fused-ring (bicyclic) bond motifs is 2. The molecule has 0 saturated carbocycles. The van der Waals surface area contributed by atoms with E-state index in [4.69, 9.17) is 23.9 Å². The van der Waals surface area contributed by atoms with Gasteiger partial charge in [-0.2, -0.15) is 0 Å². The van der Waals surface area contributed by atoms with Crippen molar-refractivity contribution in [3.63, 3.8) is 0 Å². The van der Waals surface area contributed by atoms with Gasteiger partial charge in [-0.3, -0.25) is 4.90 Å². The molecule has 5 aromatic rings. The molecule has 42 heavy (non-hydrogen) atoms. The van der Waals surface area contributed by atoms with Crippen molar-refractivity contribution in [2.75, 3.05) is 19.7 Å². The molecule has 2 aliphatic heterocycles. The van der Waals surface area contributed by atoms with Crippen LogP contribution in [0.25, 0.3) is 22.0 Å². The SMILES string of the molecule is O=C(O)c1ccc2nc(CN3CCC(c4cccc(OCc5cc6occc6cc5F)n4)CC3)n(C[C@@H]3CCO3)c2c1. The van der Waals surface area contributed by atoms with Crippen molar-refractivity contribution >= 4 is 28.0 Å². The van der Waals surface area contributed by atoms with Gasteiger partial charge in [-0.05, 0) is 74.8 Å². The molecule has 5 heterocycles. The first-order chi connectivity index (χ1) is 20.5. The molecule has 7 rings (SSSR count). The lowest BCUT2D eigenvalue weighted by atomic mass is 9.93. The minimum atomic E-state index is -0.946. The summed E-state index contributed by atoms with van der Waals surface area (Å²) in [5.41, 5.74) is 3.92. The molecular weight excluding hydrogens is 539 g/mol.